The summed E-state index contributed by atoms with van der Waals surface area (Å²) in [5.74, 6) is 1.32. The van der Waals surface area contributed by atoms with Crippen LogP contribution < -0.4 is 14.4 Å². The van der Waals surface area contributed by atoms with Gasteiger partial charge in [0.15, 0.2) is 0 Å². The molecule has 6 nitrogen and oxygen atoms in total. The third kappa shape index (κ3) is 5.76. The maximum Gasteiger partial charge on any atom is 0.227 e. The molecule has 0 saturated carbocycles. The van der Waals surface area contributed by atoms with Crippen molar-refractivity contribution >= 4 is 11.6 Å². The Morgan fingerprint density at radius 3 is 2.26 bits per heavy atom. The van der Waals surface area contributed by atoms with Crippen LogP contribution >= 0.6 is 0 Å². The first kappa shape index (κ1) is 26.7. The quantitative estimate of drug-likeness (QED) is 0.350. The summed E-state index contributed by atoms with van der Waals surface area (Å²) >= 11 is 0. The lowest BCUT2D eigenvalue weighted by Gasteiger charge is -2.39. The van der Waals surface area contributed by atoms with Gasteiger partial charge in [-0.2, -0.15) is 5.26 Å². The van der Waals surface area contributed by atoms with E-state index >= 15 is 0 Å². The number of ether oxygens (including phenoxy) is 2. The standard InChI is InChI=1S/C32H34FN3O3/c1-3-38-28-17-24(18-29(39-4-2)31(28)25-8-10-26(33)11-9-25)21-35-14-12-32(13-15-35)19-30(37)36(22-32)27-7-5-6-23(16-27)20-34/h5-11,16-18H,3-4,12-15,19,21-22H2,1-2H3. The molecule has 5 rings (SSSR count). The predicted molar refractivity (Wildman–Crippen MR) is 149 cm³/mol. The monoisotopic (exact) mass is 527 g/mol. The van der Waals surface area contributed by atoms with E-state index in [9.17, 15) is 14.4 Å². The van der Waals surface area contributed by atoms with Crippen LogP contribution in [0.25, 0.3) is 11.1 Å². The third-order valence-electron chi connectivity index (χ3n) is 7.79. The lowest BCUT2D eigenvalue weighted by molar-refractivity contribution is -0.118. The molecule has 0 atom stereocenters. The molecule has 7 heteroatoms. The molecular weight excluding hydrogens is 493 g/mol. The van der Waals surface area contributed by atoms with Crippen LogP contribution in [0.2, 0.25) is 0 Å². The molecule has 2 aliphatic heterocycles. The fourth-order valence-corrected chi connectivity index (χ4v) is 5.83. The van der Waals surface area contributed by atoms with Gasteiger partial charge in [-0.3, -0.25) is 9.69 Å². The predicted octanol–water partition coefficient (Wildman–Crippen LogP) is 6.18. The van der Waals surface area contributed by atoms with Gasteiger partial charge in [0.05, 0.1) is 30.4 Å². The Bertz CT molecular complexity index is 1350. The lowest BCUT2D eigenvalue weighted by Crippen LogP contribution is -2.41. The van der Waals surface area contributed by atoms with Gasteiger partial charge in [-0.1, -0.05) is 18.2 Å². The second-order valence-corrected chi connectivity index (χ2v) is 10.4. The Kier molecular flexibility index (Phi) is 7.85. The maximum atomic E-state index is 13.6. The maximum absolute atomic E-state index is 13.6. The van der Waals surface area contributed by atoms with Crippen LogP contribution in [0.15, 0.2) is 60.7 Å². The van der Waals surface area contributed by atoms with Crippen molar-refractivity contribution in [2.24, 2.45) is 5.41 Å². The van der Waals surface area contributed by atoms with Gasteiger partial charge in [0.2, 0.25) is 5.91 Å². The first-order valence-electron chi connectivity index (χ1n) is 13.6. The number of hydrogen-bond donors (Lipinski definition) is 0. The van der Waals surface area contributed by atoms with E-state index < -0.39 is 0 Å². The molecule has 1 amide bonds. The van der Waals surface area contributed by atoms with Crippen LogP contribution in [0.3, 0.4) is 0 Å². The van der Waals surface area contributed by atoms with Crippen LogP contribution in [0.1, 0.15) is 44.2 Å². The van der Waals surface area contributed by atoms with Crippen LogP contribution in [-0.4, -0.2) is 43.7 Å². The summed E-state index contributed by atoms with van der Waals surface area (Å²) in [6.07, 6.45) is 2.43. The molecule has 0 radical (unpaired) electrons. The second-order valence-electron chi connectivity index (χ2n) is 10.4. The Labute approximate surface area is 229 Å². The van der Waals surface area contributed by atoms with Crippen molar-refractivity contribution in [1.29, 1.82) is 5.26 Å². The van der Waals surface area contributed by atoms with Crippen molar-refractivity contribution in [3.8, 4) is 28.7 Å². The van der Waals surface area contributed by atoms with E-state index in [0.717, 1.165) is 66.4 Å². The van der Waals surface area contributed by atoms with Crippen molar-refractivity contribution in [1.82, 2.24) is 4.90 Å². The number of anilines is 1. The van der Waals surface area contributed by atoms with Crippen molar-refractivity contribution in [3.63, 3.8) is 0 Å². The SMILES string of the molecule is CCOc1cc(CN2CCC3(CC2)CC(=O)N(c2cccc(C#N)c2)C3)cc(OCC)c1-c1ccc(F)cc1. The highest BCUT2D eigenvalue weighted by Gasteiger charge is 2.45. The van der Waals surface area contributed by atoms with Gasteiger partial charge in [0.1, 0.15) is 17.3 Å². The number of likely N-dealkylation sites (tertiary alicyclic amines) is 1. The normalized spacial score (nSPS) is 16.9. The Morgan fingerprint density at radius 2 is 1.64 bits per heavy atom. The average Bonchev–Trinajstić information content (AvgIpc) is 3.26. The minimum Gasteiger partial charge on any atom is -0.493 e. The Balaban J connectivity index is 1.31. The molecule has 3 aromatic carbocycles. The highest BCUT2D eigenvalue weighted by atomic mass is 19.1. The van der Waals surface area contributed by atoms with Crippen LogP contribution in [0.4, 0.5) is 10.1 Å². The Hall–Kier alpha value is -3.89. The summed E-state index contributed by atoms with van der Waals surface area (Å²) in [5.41, 5.74) is 4.14. The molecule has 0 aromatic heterocycles. The van der Waals surface area contributed by atoms with E-state index in [1.807, 2.05) is 30.9 Å². The number of halogens is 1. The Morgan fingerprint density at radius 1 is 0.974 bits per heavy atom. The molecule has 2 heterocycles. The van der Waals surface area contributed by atoms with Gasteiger partial charge in [-0.25, -0.2) is 4.39 Å². The van der Waals surface area contributed by atoms with Gasteiger partial charge in [0, 0.05) is 25.2 Å². The summed E-state index contributed by atoms with van der Waals surface area (Å²) in [6, 6.07) is 20.0. The highest BCUT2D eigenvalue weighted by Crippen LogP contribution is 2.44. The third-order valence-corrected chi connectivity index (χ3v) is 7.79. The van der Waals surface area contributed by atoms with Crippen molar-refractivity contribution < 1.29 is 18.7 Å². The molecule has 0 N–H and O–H groups in total. The van der Waals surface area contributed by atoms with E-state index in [1.54, 1.807) is 24.3 Å². The highest BCUT2D eigenvalue weighted by molar-refractivity contribution is 5.96. The van der Waals surface area contributed by atoms with E-state index in [2.05, 4.69) is 23.1 Å². The van der Waals surface area contributed by atoms with E-state index in [1.165, 1.54) is 12.1 Å². The fourth-order valence-electron chi connectivity index (χ4n) is 5.83. The van der Waals surface area contributed by atoms with Crippen LogP contribution in [0, 0.1) is 22.6 Å². The molecule has 2 saturated heterocycles. The molecular formula is C32H34FN3O3. The lowest BCUT2D eigenvalue weighted by atomic mass is 9.77. The minimum absolute atomic E-state index is 0.0321. The fraction of sp³-hybridized carbons (Fsp3) is 0.375. The number of rotatable bonds is 8. The van der Waals surface area contributed by atoms with Gasteiger partial charge >= 0.3 is 0 Å². The van der Waals surface area contributed by atoms with E-state index in [0.29, 0.717) is 31.7 Å². The first-order valence-corrected chi connectivity index (χ1v) is 13.6. The summed E-state index contributed by atoms with van der Waals surface area (Å²) in [4.78, 5) is 17.2. The summed E-state index contributed by atoms with van der Waals surface area (Å²) in [5, 5.41) is 9.25. The zero-order chi connectivity index (χ0) is 27.4. The molecule has 0 unspecified atom stereocenters. The molecule has 2 aliphatic rings. The number of nitriles is 1. The number of carbonyl (C=O) groups excluding carboxylic acids is 1. The molecule has 3 aromatic rings. The zero-order valence-electron chi connectivity index (χ0n) is 22.6. The van der Waals surface area contributed by atoms with Crippen molar-refractivity contribution in [2.75, 3.05) is 37.7 Å². The number of hydrogen-bond acceptors (Lipinski definition) is 5. The van der Waals surface area contributed by atoms with E-state index in [4.69, 9.17) is 9.47 Å². The average molecular weight is 528 g/mol. The molecule has 0 bridgehead atoms. The first-order chi connectivity index (χ1) is 18.9. The number of piperidine rings is 1. The number of benzene rings is 3. The molecule has 39 heavy (non-hydrogen) atoms. The minimum atomic E-state index is -0.281. The molecule has 202 valence electrons. The van der Waals surface area contributed by atoms with Crippen LogP contribution in [-0.2, 0) is 11.3 Å². The number of amides is 1. The zero-order valence-corrected chi connectivity index (χ0v) is 22.6. The van der Waals surface area contributed by atoms with Crippen LogP contribution in [0.5, 0.6) is 11.5 Å². The van der Waals surface area contributed by atoms with Gasteiger partial charge in [-0.15, -0.1) is 0 Å². The summed E-state index contributed by atoms with van der Waals surface area (Å²) in [7, 11) is 0. The number of nitrogens with zero attached hydrogens (tertiary/aromatic N) is 3. The molecule has 2 fully saturated rings. The van der Waals surface area contributed by atoms with Gasteiger partial charge in [0.25, 0.3) is 0 Å². The topological polar surface area (TPSA) is 65.8 Å². The second kappa shape index (κ2) is 11.5. The summed E-state index contributed by atoms with van der Waals surface area (Å²) in [6.45, 7) is 8.17. The van der Waals surface area contributed by atoms with Crippen molar-refractivity contribution in [2.45, 2.75) is 39.7 Å². The largest absolute Gasteiger partial charge is 0.493 e. The molecule has 1 spiro atoms. The summed E-state index contributed by atoms with van der Waals surface area (Å²) < 4.78 is 25.7. The van der Waals surface area contributed by atoms with Gasteiger partial charge in [-0.05, 0) is 98.8 Å². The van der Waals surface area contributed by atoms with Crippen molar-refractivity contribution in [3.05, 3.63) is 77.6 Å². The van der Waals surface area contributed by atoms with E-state index in [-0.39, 0.29) is 17.1 Å². The molecule has 0 aliphatic carbocycles. The van der Waals surface area contributed by atoms with Gasteiger partial charge < -0.3 is 14.4 Å². The smallest absolute Gasteiger partial charge is 0.227 e. The number of carbonyl (C=O) groups is 1.